The molecule has 3 rings (SSSR count). The zero-order valence-electron chi connectivity index (χ0n) is 12.8. The van der Waals surface area contributed by atoms with E-state index in [1.54, 1.807) is 41.3 Å². The summed E-state index contributed by atoms with van der Waals surface area (Å²) in [5.74, 6) is -0.554. The molecule has 124 valence electrons. The van der Waals surface area contributed by atoms with Gasteiger partial charge in [0.2, 0.25) is 0 Å². The predicted molar refractivity (Wildman–Crippen MR) is 93.8 cm³/mol. The molecule has 0 atom stereocenters. The molecule has 2 amide bonds. The first kappa shape index (κ1) is 16.7. The standard InChI is InChI=1S/C17H15Cl2N3O2/c18-12-7-6-11(10-13(12)19)20-16(23)14-4-3-5-15(21-14)17(24)22-8-1-2-9-22/h3-7,10H,1-2,8-9H2,(H,20,23). The zero-order valence-corrected chi connectivity index (χ0v) is 14.3. The molecule has 1 aromatic heterocycles. The number of hydrogen-bond donors (Lipinski definition) is 1. The van der Waals surface area contributed by atoms with Gasteiger partial charge >= 0.3 is 0 Å². The van der Waals surface area contributed by atoms with Gasteiger partial charge in [-0.2, -0.15) is 0 Å². The second-order valence-electron chi connectivity index (χ2n) is 5.49. The average molecular weight is 364 g/mol. The van der Waals surface area contributed by atoms with E-state index in [0.29, 0.717) is 15.7 Å². The molecule has 5 nitrogen and oxygen atoms in total. The van der Waals surface area contributed by atoms with Gasteiger partial charge in [0.25, 0.3) is 11.8 Å². The number of amides is 2. The number of benzene rings is 1. The quantitative estimate of drug-likeness (QED) is 0.899. The topological polar surface area (TPSA) is 62.3 Å². The lowest BCUT2D eigenvalue weighted by Gasteiger charge is -2.14. The average Bonchev–Trinajstić information content (AvgIpc) is 3.12. The number of rotatable bonds is 3. The first-order chi connectivity index (χ1) is 11.5. The normalized spacial score (nSPS) is 13.8. The molecule has 1 fully saturated rings. The minimum absolute atomic E-state index is 0.142. The van der Waals surface area contributed by atoms with E-state index < -0.39 is 5.91 Å². The summed E-state index contributed by atoms with van der Waals surface area (Å²) in [4.78, 5) is 30.6. The van der Waals surface area contributed by atoms with Crippen molar-refractivity contribution in [3.63, 3.8) is 0 Å². The van der Waals surface area contributed by atoms with Crippen LogP contribution in [0.5, 0.6) is 0 Å². The van der Waals surface area contributed by atoms with E-state index in [4.69, 9.17) is 23.2 Å². The molecule has 0 radical (unpaired) electrons. The Hall–Kier alpha value is -2.11. The van der Waals surface area contributed by atoms with Gasteiger partial charge in [0.1, 0.15) is 11.4 Å². The third-order valence-corrected chi connectivity index (χ3v) is 4.51. The van der Waals surface area contributed by atoms with Crippen LogP contribution in [0, 0.1) is 0 Å². The van der Waals surface area contributed by atoms with Crippen molar-refractivity contribution in [3.8, 4) is 0 Å². The third kappa shape index (κ3) is 3.68. The summed E-state index contributed by atoms with van der Waals surface area (Å²) in [5.41, 5.74) is 0.956. The van der Waals surface area contributed by atoms with Gasteiger partial charge in [0, 0.05) is 18.8 Å². The second kappa shape index (κ2) is 7.20. The van der Waals surface area contributed by atoms with E-state index in [1.807, 2.05) is 0 Å². The fourth-order valence-corrected chi connectivity index (χ4v) is 2.83. The maximum Gasteiger partial charge on any atom is 0.274 e. The minimum atomic E-state index is -0.413. The molecule has 0 bridgehead atoms. The highest BCUT2D eigenvalue weighted by molar-refractivity contribution is 6.42. The summed E-state index contributed by atoms with van der Waals surface area (Å²) in [6.07, 6.45) is 2.01. The molecule has 0 unspecified atom stereocenters. The summed E-state index contributed by atoms with van der Waals surface area (Å²) in [5, 5.41) is 3.45. The van der Waals surface area contributed by atoms with Gasteiger partial charge < -0.3 is 10.2 Å². The third-order valence-electron chi connectivity index (χ3n) is 3.77. The van der Waals surface area contributed by atoms with Crippen LogP contribution in [0.25, 0.3) is 0 Å². The first-order valence-corrected chi connectivity index (χ1v) is 8.33. The second-order valence-corrected chi connectivity index (χ2v) is 6.30. The van der Waals surface area contributed by atoms with Crippen LogP contribution in [-0.2, 0) is 0 Å². The lowest BCUT2D eigenvalue weighted by Crippen LogP contribution is -2.29. The summed E-state index contributed by atoms with van der Waals surface area (Å²) in [6.45, 7) is 1.47. The van der Waals surface area contributed by atoms with Crippen molar-refractivity contribution >= 4 is 40.7 Å². The fourth-order valence-electron chi connectivity index (χ4n) is 2.53. The highest BCUT2D eigenvalue weighted by Gasteiger charge is 2.21. The Balaban J connectivity index is 1.76. The first-order valence-electron chi connectivity index (χ1n) is 7.57. The Bertz CT molecular complexity index is 789. The Labute approximate surface area is 149 Å². The molecule has 1 N–H and O–H groups in total. The SMILES string of the molecule is O=C(Nc1ccc(Cl)c(Cl)c1)c1cccc(C(=O)N2CCCC2)n1. The Kier molecular flexibility index (Phi) is 5.02. The number of nitrogens with one attached hydrogen (secondary N) is 1. The molecule has 1 aliphatic heterocycles. The summed E-state index contributed by atoms with van der Waals surface area (Å²) in [6, 6.07) is 9.64. The molecular weight excluding hydrogens is 349 g/mol. The van der Waals surface area contributed by atoms with E-state index in [2.05, 4.69) is 10.3 Å². The molecule has 0 saturated carbocycles. The van der Waals surface area contributed by atoms with Crippen LogP contribution in [0.4, 0.5) is 5.69 Å². The number of likely N-dealkylation sites (tertiary alicyclic amines) is 1. The smallest absolute Gasteiger partial charge is 0.274 e. The minimum Gasteiger partial charge on any atom is -0.337 e. The van der Waals surface area contributed by atoms with Crippen molar-refractivity contribution in [1.29, 1.82) is 0 Å². The van der Waals surface area contributed by atoms with E-state index in [0.717, 1.165) is 25.9 Å². The monoisotopic (exact) mass is 363 g/mol. The zero-order chi connectivity index (χ0) is 17.1. The number of carbonyl (C=O) groups is 2. The van der Waals surface area contributed by atoms with Gasteiger partial charge in [0.05, 0.1) is 10.0 Å². The number of nitrogens with zero attached hydrogens (tertiary/aromatic N) is 2. The van der Waals surface area contributed by atoms with E-state index in [9.17, 15) is 9.59 Å². The lowest BCUT2D eigenvalue weighted by atomic mass is 10.2. The molecule has 0 spiro atoms. The predicted octanol–water partition coefficient (Wildman–Crippen LogP) is 3.88. The Morgan fingerprint density at radius 3 is 2.42 bits per heavy atom. The van der Waals surface area contributed by atoms with Gasteiger partial charge in [-0.05, 0) is 43.2 Å². The number of aromatic nitrogens is 1. The lowest BCUT2D eigenvalue weighted by molar-refractivity contribution is 0.0787. The highest BCUT2D eigenvalue weighted by Crippen LogP contribution is 2.25. The molecule has 2 aromatic rings. The van der Waals surface area contributed by atoms with E-state index in [1.165, 1.54) is 0 Å². The van der Waals surface area contributed by atoms with Crippen LogP contribution in [0.3, 0.4) is 0 Å². The molecule has 1 saturated heterocycles. The number of pyridine rings is 1. The Morgan fingerprint density at radius 2 is 1.71 bits per heavy atom. The van der Waals surface area contributed by atoms with Crippen LogP contribution in [0.15, 0.2) is 36.4 Å². The maximum absolute atomic E-state index is 12.4. The number of hydrogen-bond acceptors (Lipinski definition) is 3. The van der Waals surface area contributed by atoms with Crippen molar-refractivity contribution < 1.29 is 9.59 Å². The highest BCUT2D eigenvalue weighted by atomic mass is 35.5. The van der Waals surface area contributed by atoms with Crippen LogP contribution in [0.1, 0.15) is 33.8 Å². The van der Waals surface area contributed by atoms with Gasteiger partial charge in [-0.25, -0.2) is 4.98 Å². The molecule has 1 aromatic carbocycles. The van der Waals surface area contributed by atoms with Crippen LogP contribution < -0.4 is 5.32 Å². The van der Waals surface area contributed by atoms with E-state index >= 15 is 0 Å². The Morgan fingerprint density at radius 1 is 1.00 bits per heavy atom. The number of anilines is 1. The van der Waals surface area contributed by atoms with Crippen molar-refractivity contribution in [3.05, 3.63) is 57.8 Å². The van der Waals surface area contributed by atoms with Crippen molar-refractivity contribution in [2.45, 2.75) is 12.8 Å². The molecule has 2 heterocycles. The molecule has 24 heavy (non-hydrogen) atoms. The van der Waals surface area contributed by atoms with Gasteiger partial charge in [0.15, 0.2) is 0 Å². The van der Waals surface area contributed by atoms with Crippen molar-refractivity contribution in [2.75, 3.05) is 18.4 Å². The van der Waals surface area contributed by atoms with E-state index in [-0.39, 0.29) is 17.3 Å². The number of halogens is 2. The summed E-state index contributed by atoms with van der Waals surface area (Å²) >= 11 is 11.8. The molecule has 1 aliphatic rings. The summed E-state index contributed by atoms with van der Waals surface area (Å²) in [7, 11) is 0. The fraction of sp³-hybridized carbons (Fsp3) is 0.235. The summed E-state index contributed by atoms with van der Waals surface area (Å²) < 4.78 is 0. The van der Waals surface area contributed by atoms with Crippen LogP contribution >= 0.6 is 23.2 Å². The van der Waals surface area contributed by atoms with Crippen molar-refractivity contribution in [2.24, 2.45) is 0 Å². The molecular formula is C17H15Cl2N3O2. The van der Waals surface area contributed by atoms with Gasteiger partial charge in [-0.3, -0.25) is 9.59 Å². The maximum atomic E-state index is 12.4. The van der Waals surface area contributed by atoms with Crippen LogP contribution in [0.2, 0.25) is 10.0 Å². The number of carbonyl (C=O) groups excluding carboxylic acids is 2. The van der Waals surface area contributed by atoms with Crippen molar-refractivity contribution in [1.82, 2.24) is 9.88 Å². The molecule has 0 aliphatic carbocycles. The van der Waals surface area contributed by atoms with Gasteiger partial charge in [-0.1, -0.05) is 29.3 Å². The van der Waals surface area contributed by atoms with Crippen LogP contribution in [-0.4, -0.2) is 34.8 Å². The van der Waals surface area contributed by atoms with Gasteiger partial charge in [-0.15, -0.1) is 0 Å². The largest absolute Gasteiger partial charge is 0.337 e. The molecule has 7 heteroatoms.